The third-order valence-electron chi connectivity index (χ3n) is 4.54. The molecule has 0 amide bonds. The predicted octanol–water partition coefficient (Wildman–Crippen LogP) is 2.58. The van der Waals surface area contributed by atoms with Crippen LogP contribution in [-0.4, -0.2) is 37.4 Å². The first-order valence-electron chi connectivity index (χ1n) is 8.98. The van der Waals surface area contributed by atoms with E-state index in [9.17, 15) is 0 Å². The van der Waals surface area contributed by atoms with Crippen molar-refractivity contribution < 1.29 is 19.0 Å². The Kier molecular flexibility index (Phi) is 5.48. The molecule has 1 atom stereocenters. The summed E-state index contributed by atoms with van der Waals surface area (Å²) >= 11 is 5.35. The molecule has 0 bridgehead atoms. The molecule has 0 aliphatic carbocycles. The molecule has 0 saturated carbocycles. The minimum atomic E-state index is -0.0533. The molecule has 2 N–H and O–H groups in total. The SMILES string of the molecule is COc1ccc(C2=NO[C@H](CNC(=S)NCc3ccc4c(c3)OCO4)C2)cc1. The van der Waals surface area contributed by atoms with Gasteiger partial charge < -0.3 is 29.7 Å². The van der Waals surface area contributed by atoms with E-state index < -0.39 is 0 Å². The third kappa shape index (κ3) is 4.28. The van der Waals surface area contributed by atoms with Gasteiger partial charge >= 0.3 is 0 Å². The van der Waals surface area contributed by atoms with E-state index in [-0.39, 0.29) is 12.9 Å². The molecule has 2 aliphatic heterocycles. The second kappa shape index (κ2) is 8.35. The van der Waals surface area contributed by atoms with Crippen molar-refractivity contribution in [3.8, 4) is 17.2 Å². The zero-order valence-corrected chi connectivity index (χ0v) is 16.3. The van der Waals surface area contributed by atoms with E-state index >= 15 is 0 Å². The Morgan fingerprint density at radius 2 is 1.96 bits per heavy atom. The molecule has 146 valence electrons. The van der Waals surface area contributed by atoms with Crippen LogP contribution in [-0.2, 0) is 11.4 Å². The maximum absolute atomic E-state index is 5.52. The molecule has 2 aromatic carbocycles. The first-order chi connectivity index (χ1) is 13.7. The lowest BCUT2D eigenvalue weighted by molar-refractivity contribution is 0.0885. The number of rotatable bonds is 6. The molecule has 2 aliphatic rings. The van der Waals surface area contributed by atoms with Crippen molar-refractivity contribution in [2.45, 2.75) is 19.1 Å². The van der Waals surface area contributed by atoms with Crippen LogP contribution in [0.25, 0.3) is 0 Å². The third-order valence-corrected chi connectivity index (χ3v) is 4.83. The molecule has 0 fully saturated rings. The summed E-state index contributed by atoms with van der Waals surface area (Å²) in [6.07, 6.45) is 0.673. The lowest BCUT2D eigenvalue weighted by atomic mass is 10.0. The van der Waals surface area contributed by atoms with Gasteiger partial charge in [-0.25, -0.2) is 0 Å². The molecule has 0 unspecified atom stereocenters. The highest BCUT2D eigenvalue weighted by Gasteiger charge is 2.22. The van der Waals surface area contributed by atoms with Crippen LogP contribution in [0.2, 0.25) is 0 Å². The molecule has 4 rings (SSSR count). The van der Waals surface area contributed by atoms with E-state index in [0.29, 0.717) is 18.2 Å². The normalized spacial score (nSPS) is 16.9. The Hall–Kier alpha value is -3.00. The van der Waals surface area contributed by atoms with Gasteiger partial charge in [-0.3, -0.25) is 0 Å². The molecule has 7 nitrogen and oxygen atoms in total. The van der Waals surface area contributed by atoms with Crippen LogP contribution >= 0.6 is 12.2 Å². The lowest BCUT2D eigenvalue weighted by Crippen LogP contribution is -2.39. The maximum atomic E-state index is 5.52. The second-order valence-corrected chi connectivity index (χ2v) is 6.86. The highest BCUT2D eigenvalue weighted by molar-refractivity contribution is 7.80. The van der Waals surface area contributed by atoms with Gasteiger partial charge in [0.1, 0.15) is 11.9 Å². The molecular formula is C20H21N3O4S. The molecule has 0 saturated heterocycles. The fourth-order valence-corrected chi connectivity index (χ4v) is 3.15. The average Bonchev–Trinajstić information content (AvgIpc) is 3.39. The van der Waals surface area contributed by atoms with Crippen molar-refractivity contribution in [3.63, 3.8) is 0 Å². The van der Waals surface area contributed by atoms with Crippen LogP contribution in [0.1, 0.15) is 17.5 Å². The van der Waals surface area contributed by atoms with Gasteiger partial charge in [-0.2, -0.15) is 0 Å². The van der Waals surface area contributed by atoms with Crippen LogP contribution in [0.3, 0.4) is 0 Å². The standard InChI is InChI=1S/C20H21N3O4S/c1-24-15-5-3-14(4-6-15)17-9-16(27-23-17)11-22-20(28)21-10-13-2-7-18-19(8-13)26-12-25-18/h2-8,16H,9-12H2,1H3,(H2,21,22,28)/t16-/m0/s1. The summed E-state index contributed by atoms with van der Waals surface area (Å²) in [5, 5.41) is 11.1. The quantitative estimate of drug-likeness (QED) is 0.724. The first kappa shape index (κ1) is 18.4. The highest BCUT2D eigenvalue weighted by atomic mass is 32.1. The Morgan fingerprint density at radius 3 is 2.79 bits per heavy atom. The van der Waals surface area contributed by atoms with E-state index in [0.717, 1.165) is 40.5 Å². The van der Waals surface area contributed by atoms with Crippen LogP contribution < -0.4 is 24.8 Å². The number of ether oxygens (including phenoxy) is 3. The van der Waals surface area contributed by atoms with Crippen molar-refractivity contribution in [2.75, 3.05) is 20.4 Å². The molecular weight excluding hydrogens is 378 g/mol. The van der Waals surface area contributed by atoms with Crippen molar-refractivity contribution in [3.05, 3.63) is 53.6 Å². The van der Waals surface area contributed by atoms with E-state index in [2.05, 4.69) is 15.8 Å². The van der Waals surface area contributed by atoms with E-state index in [1.807, 2.05) is 42.5 Å². The van der Waals surface area contributed by atoms with E-state index in [1.54, 1.807) is 7.11 Å². The zero-order valence-electron chi connectivity index (χ0n) is 15.4. The van der Waals surface area contributed by atoms with Gasteiger partial charge in [-0.05, 0) is 59.7 Å². The largest absolute Gasteiger partial charge is 0.497 e. The molecule has 2 heterocycles. The summed E-state index contributed by atoms with van der Waals surface area (Å²) in [6, 6.07) is 13.6. The molecule has 28 heavy (non-hydrogen) atoms. The number of hydrogen-bond donors (Lipinski definition) is 2. The average molecular weight is 399 g/mol. The van der Waals surface area contributed by atoms with Gasteiger partial charge in [0.15, 0.2) is 16.6 Å². The Labute approximate surface area is 168 Å². The smallest absolute Gasteiger partial charge is 0.231 e. The van der Waals surface area contributed by atoms with Crippen molar-refractivity contribution in [1.29, 1.82) is 0 Å². The Balaban J connectivity index is 1.20. The Morgan fingerprint density at radius 1 is 1.14 bits per heavy atom. The number of thiocarbonyl (C=S) groups is 1. The predicted molar refractivity (Wildman–Crippen MR) is 109 cm³/mol. The number of benzene rings is 2. The molecule has 0 aromatic heterocycles. The second-order valence-electron chi connectivity index (χ2n) is 6.45. The monoisotopic (exact) mass is 399 g/mol. The summed E-state index contributed by atoms with van der Waals surface area (Å²) in [7, 11) is 1.65. The fraction of sp³-hybridized carbons (Fsp3) is 0.300. The van der Waals surface area contributed by atoms with Gasteiger partial charge in [0.25, 0.3) is 0 Å². The van der Waals surface area contributed by atoms with Crippen molar-refractivity contribution >= 4 is 23.0 Å². The van der Waals surface area contributed by atoms with Crippen LogP contribution in [0.4, 0.5) is 0 Å². The van der Waals surface area contributed by atoms with Crippen LogP contribution in [0.5, 0.6) is 17.2 Å². The number of oxime groups is 1. The minimum absolute atomic E-state index is 0.0533. The summed E-state index contributed by atoms with van der Waals surface area (Å²) in [5.41, 5.74) is 3.02. The topological polar surface area (TPSA) is 73.3 Å². The van der Waals surface area contributed by atoms with Crippen molar-refractivity contribution in [1.82, 2.24) is 10.6 Å². The minimum Gasteiger partial charge on any atom is -0.497 e. The zero-order chi connectivity index (χ0) is 19.3. The van der Waals surface area contributed by atoms with Crippen LogP contribution in [0, 0.1) is 0 Å². The summed E-state index contributed by atoms with van der Waals surface area (Å²) in [6.45, 7) is 1.45. The van der Waals surface area contributed by atoms with Gasteiger partial charge in [0, 0.05) is 13.0 Å². The first-order valence-corrected chi connectivity index (χ1v) is 9.39. The van der Waals surface area contributed by atoms with Gasteiger partial charge in [0.2, 0.25) is 6.79 Å². The maximum Gasteiger partial charge on any atom is 0.231 e. The Bertz CT molecular complexity index is 886. The number of methoxy groups -OCH3 is 1. The van der Waals surface area contributed by atoms with Gasteiger partial charge in [0.05, 0.1) is 19.4 Å². The van der Waals surface area contributed by atoms with Gasteiger partial charge in [-0.1, -0.05) is 11.2 Å². The van der Waals surface area contributed by atoms with Crippen molar-refractivity contribution in [2.24, 2.45) is 5.16 Å². The van der Waals surface area contributed by atoms with E-state index in [1.165, 1.54) is 0 Å². The molecule has 8 heteroatoms. The highest BCUT2D eigenvalue weighted by Crippen LogP contribution is 2.32. The van der Waals surface area contributed by atoms with Crippen LogP contribution in [0.15, 0.2) is 47.6 Å². The lowest BCUT2D eigenvalue weighted by Gasteiger charge is -2.13. The van der Waals surface area contributed by atoms with Gasteiger partial charge in [-0.15, -0.1) is 0 Å². The number of nitrogens with one attached hydrogen (secondary N) is 2. The number of hydrogen-bond acceptors (Lipinski definition) is 6. The molecule has 0 radical (unpaired) electrons. The summed E-state index contributed by atoms with van der Waals surface area (Å²) in [4.78, 5) is 5.52. The van der Waals surface area contributed by atoms with E-state index in [4.69, 9.17) is 31.3 Å². The number of nitrogens with zero attached hydrogens (tertiary/aromatic N) is 1. The molecule has 2 aromatic rings. The molecule has 0 spiro atoms. The fourth-order valence-electron chi connectivity index (χ4n) is 2.99. The summed E-state index contributed by atoms with van der Waals surface area (Å²) < 4.78 is 15.9. The number of fused-ring (bicyclic) bond motifs is 1. The summed E-state index contributed by atoms with van der Waals surface area (Å²) in [5.74, 6) is 2.36.